The van der Waals surface area contributed by atoms with Gasteiger partial charge in [-0.15, -0.1) is 0 Å². The van der Waals surface area contributed by atoms with Gasteiger partial charge in [0.1, 0.15) is 23.3 Å². The van der Waals surface area contributed by atoms with Crippen molar-refractivity contribution in [3.05, 3.63) is 34.4 Å². The van der Waals surface area contributed by atoms with Crippen LogP contribution in [0, 0.1) is 40.7 Å². The third-order valence-electron chi connectivity index (χ3n) is 6.29. The Kier molecular flexibility index (Phi) is 5.54. The molecule has 0 aromatic heterocycles. The van der Waals surface area contributed by atoms with Gasteiger partial charge in [-0.1, -0.05) is 39.0 Å². The Hall–Kier alpha value is -1.43. The molecule has 1 aromatic carbocycles. The van der Waals surface area contributed by atoms with Gasteiger partial charge in [0.15, 0.2) is 0 Å². The Morgan fingerprint density at radius 2 is 1.88 bits per heavy atom. The second-order valence-electron chi connectivity index (χ2n) is 7.72. The maximum absolute atomic E-state index is 14.3. The summed E-state index contributed by atoms with van der Waals surface area (Å²) in [6, 6.07) is 3.07. The lowest BCUT2D eigenvalue weighted by atomic mass is 9.69. The maximum Gasteiger partial charge on any atom is 0.147 e. The monoisotopic (exact) mass is 331 g/mol. The minimum absolute atomic E-state index is 0.413. The standard InChI is InChI=1S/C21H27F2N/c1-2-3-4-14-5-7-15(8-6-14)16-9-10-18-17(11-16)12-20(22)19(13-24)21(18)23/h12,14-16H,2-11H2,1H3. The lowest BCUT2D eigenvalue weighted by Crippen LogP contribution is -2.27. The van der Waals surface area contributed by atoms with Gasteiger partial charge in [0.2, 0.25) is 0 Å². The summed E-state index contributed by atoms with van der Waals surface area (Å²) in [6.07, 6.45) is 11.6. The second-order valence-corrected chi connectivity index (χ2v) is 7.72. The van der Waals surface area contributed by atoms with E-state index in [-0.39, 0.29) is 0 Å². The van der Waals surface area contributed by atoms with Crippen molar-refractivity contribution in [1.29, 1.82) is 5.26 Å². The van der Waals surface area contributed by atoms with Gasteiger partial charge in [0.05, 0.1) is 0 Å². The molecule has 0 radical (unpaired) electrons. The van der Waals surface area contributed by atoms with Crippen molar-refractivity contribution >= 4 is 0 Å². The normalized spacial score (nSPS) is 26.7. The zero-order valence-electron chi connectivity index (χ0n) is 14.6. The van der Waals surface area contributed by atoms with E-state index in [0.29, 0.717) is 23.8 Å². The molecule has 0 bridgehead atoms. The molecule has 0 spiro atoms. The van der Waals surface area contributed by atoms with Crippen molar-refractivity contribution in [1.82, 2.24) is 0 Å². The SMILES string of the molecule is CCCCC1CCC(C2CCc3c(cc(F)c(C#N)c3F)C2)CC1. The van der Waals surface area contributed by atoms with E-state index in [9.17, 15) is 8.78 Å². The number of unbranched alkanes of at least 4 members (excludes halogenated alkanes) is 1. The Balaban J connectivity index is 1.65. The van der Waals surface area contributed by atoms with E-state index < -0.39 is 17.2 Å². The Morgan fingerprint density at radius 1 is 1.12 bits per heavy atom. The molecular weight excluding hydrogens is 304 g/mol. The highest BCUT2D eigenvalue weighted by atomic mass is 19.1. The van der Waals surface area contributed by atoms with Crippen LogP contribution in [0.1, 0.15) is 75.0 Å². The average molecular weight is 331 g/mol. The highest BCUT2D eigenvalue weighted by Crippen LogP contribution is 2.41. The van der Waals surface area contributed by atoms with Gasteiger partial charge in [-0.05, 0) is 67.1 Å². The Bertz CT molecular complexity index is 624. The lowest BCUT2D eigenvalue weighted by molar-refractivity contribution is 0.182. The first-order chi connectivity index (χ1) is 11.6. The molecule has 3 rings (SSSR count). The zero-order valence-corrected chi connectivity index (χ0v) is 14.6. The van der Waals surface area contributed by atoms with Gasteiger partial charge >= 0.3 is 0 Å². The molecule has 0 heterocycles. The number of nitrogens with zero attached hydrogens (tertiary/aromatic N) is 1. The summed E-state index contributed by atoms with van der Waals surface area (Å²) in [6.45, 7) is 2.25. The molecule has 1 aromatic rings. The van der Waals surface area contributed by atoms with E-state index in [2.05, 4.69) is 6.92 Å². The van der Waals surface area contributed by atoms with Crippen molar-refractivity contribution in [3.8, 4) is 6.07 Å². The summed E-state index contributed by atoms with van der Waals surface area (Å²) >= 11 is 0. The smallest absolute Gasteiger partial charge is 0.147 e. The van der Waals surface area contributed by atoms with Crippen LogP contribution in [0.5, 0.6) is 0 Å². The first kappa shape index (κ1) is 17.4. The van der Waals surface area contributed by atoms with E-state index in [0.717, 1.165) is 24.3 Å². The van der Waals surface area contributed by atoms with Gasteiger partial charge in [0.25, 0.3) is 0 Å². The molecule has 24 heavy (non-hydrogen) atoms. The van der Waals surface area contributed by atoms with Gasteiger partial charge < -0.3 is 0 Å². The molecule has 0 aliphatic heterocycles. The molecule has 0 saturated heterocycles. The van der Waals surface area contributed by atoms with Gasteiger partial charge in [-0.25, -0.2) is 8.78 Å². The van der Waals surface area contributed by atoms with Crippen molar-refractivity contribution in [2.45, 2.75) is 71.1 Å². The van der Waals surface area contributed by atoms with Crippen LogP contribution >= 0.6 is 0 Å². The number of hydrogen-bond donors (Lipinski definition) is 0. The molecule has 0 amide bonds. The van der Waals surface area contributed by atoms with Crippen molar-refractivity contribution in [2.75, 3.05) is 0 Å². The minimum atomic E-state index is -0.697. The van der Waals surface area contributed by atoms with Crippen LogP contribution in [0.15, 0.2) is 6.07 Å². The summed E-state index contributed by atoms with van der Waals surface area (Å²) in [5.74, 6) is 0.839. The molecule has 0 N–H and O–H groups in total. The molecule has 1 fully saturated rings. The lowest BCUT2D eigenvalue weighted by Gasteiger charge is -2.36. The molecule has 3 heteroatoms. The van der Waals surface area contributed by atoms with E-state index in [1.165, 1.54) is 51.0 Å². The van der Waals surface area contributed by atoms with Gasteiger partial charge in [-0.2, -0.15) is 5.26 Å². The number of fused-ring (bicyclic) bond motifs is 1. The molecule has 1 nitrogen and oxygen atoms in total. The Labute approximate surface area is 144 Å². The van der Waals surface area contributed by atoms with Crippen LogP contribution in [-0.4, -0.2) is 0 Å². The van der Waals surface area contributed by atoms with Crippen LogP contribution in [0.3, 0.4) is 0 Å². The summed E-state index contributed by atoms with van der Waals surface area (Å²) < 4.78 is 28.2. The predicted octanol–water partition coefficient (Wildman–Crippen LogP) is 5.94. The van der Waals surface area contributed by atoms with E-state index in [1.807, 2.05) is 0 Å². The molecule has 1 saturated carbocycles. The molecule has 2 aliphatic carbocycles. The molecule has 1 unspecified atom stereocenters. The predicted molar refractivity (Wildman–Crippen MR) is 91.6 cm³/mol. The molecular formula is C21H27F2N. The minimum Gasteiger partial charge on any atom is -0.205 e. The fourth-order valence-electron chi connectivity index (χ4n) is 4.82. The number of halogens is 2. The largest absolute Gasteiger partial charge is 0.205 e. The van der Waals surface area contributed by atoms with E-state index >= 15 is 0 Å². The summed E-state index contributed by atoms with van der Waals surface area (Å²) in [4.78, 5) is 0. The molecule has 1 atom stereocenters. The average Bonchev–Trinajstić information content (AvgIpc) is 2.60. The maximum atomic E-state index is 14.3. The van der Waals surface area contributed by atoms with Crippen LogP contribution in [0.4, 0.5) is 8.78 Å². The van der Waals surface area contributed by atoms with Crippen LogP contribution in [0.2, 0.25) is 0 Å². The summed E-state index contributed by atoms with van der Waals surface area (Å²) in [5, 5.41) is 8.91. The third-order valence-corrected chi connectivity index (χ3v) is 6.29. The number of benzene rings is 1. The number of nitriles is 1. The van der Waals surface area contributed by atoms with Gasteiger partial charge in [0, 0.05) is 0 Å². The zero-order chi connectivity index (χ0) is 17.1. The van der Waals surface area contributed by atoms with Crippen LogP contribution in [-0.2, 0) is 12.8 Å². The van der Waals surface area contributed by atoms with Crippen molar-refractivity contribution in [3.63, 3.8) is 0 Å². The number of hydrogen-bond acceptors (Lipinski definition) is 1. The topological polar surface area (TPSA) is 23.8 Å². The fraction of sp³-hybridized carbons (Fsp3) is 0.667. The highest BCUT2D eigenvalue weighted by molar-refractivity contribution is 5.42. The first-order valence-electron chi connectivity index (χ1n) is 9.53. The van der Waals surface area contributed by atoms with Gasteiger partial charge in [-0.3, -0.25) is 0 Å². The highest BCUT2D eigenvalue weighted by Gasteiger charge is 2.32. The van der Waals surface area contributed by atoms with Crippen molar-refractivity contribution in [2.24, 2.45) is 17.8 Å². The van der Waals surface area contributed by atoms with E-state index in [1.54, 1.807) is 6.07 Å². The Morgan fingerprint density at radius 3 is 2.54 bits per heavy atom. The first-order valence-corrected chi connectivity index (χ1v) is 9.53. The summed E-state index contributed by atoms with van der Waals surface area (Å²) in [5.41, 5.74) is 0.970. The second kappa shape index (κ2) is 7.64. The third kappa shape index (κ3) is 3.48. The summed E-state index contributed by atoms with van der Waals surface area (Å²) in [7, 11) is 0. The molecule has 130 valence electrons. The van der Waals surface area contributed by atoms with Crippen molar-refractivity contribution < 1.29 is 8.78 Å². The van der Waals surface area contributed by atoms with Crippen LogP contribution < -0.4 is 0 Å². The number of rotatable bonds is 4. The fourth-order valence-corrected chi connectivity index (χ4v) is 4.82. The van der Waals surface area contributed by atoms with E-state index in [4.69, 9.17) is 5.26 Å². The molecule has 2 aliphatic rings. The quantitative estimate of drug-likeness (QED) is 0.670. The van der Waals surface area contributed by atoms with Crippen LogP contribution in [0.25, 0.3) is 0 Å².